The molecule has 0 saturated carbocycles. The number of anilines is 1. The lowest BCUT2D eigenvalue weighted by molar-refractivity contribution is -0.114. The summed E-state index contributed by atoms with van der Waals surface area (Å²) in [4.78, 5) is 25.0. The third-order valence-corrected chi connectivity index (χ3v) is 3.38. The van der Waals surface area contributed by atoms with Gasteiger partial charge in [0.15, 0.2) is 5.78 Å². The molecule has 0 aliphatic carbocycles. The van der Waals surface area contributed by atoms with Crippen LogP contribution >= 0.6 is 35.6 Å². The summed E-state index contributed by atoms with van der Waals surface area (Å²) in [5.74, 6) is -0.354. The molecular weight excluding hydrogens is 323 g/mol. The van der Waals surface area contributed by atoms with Gasteiger partial charge >= 0.3 is 0 Å². The van der Waals surface area contributed by atoms with Crippen molar-refractivity contribution >= 4 is 53.0 Å². The molecule has 0 aliphatic heterocycles. The first kappa shape index (κ1) is 19.2. The van der Waals surface area contributed by atoms with Crippen molar-refractivity contribution in [2.24, 2.45) is 0 Å². The van der Waals surface area contributed by atoms with Crippen LogP contribution in [0.5, 0.6) is 0 Å². The molecule has 0 bridgehead atoms. The summed E-state index contributed by atoms with van der Waals surface area (Å²) in [6.07, 6.45) is 0. The molecule has 0 saturated heterocycles. The Balaban J connectivity index is 0.00000361. The Morgan fingerprint density at radius 3 is 2.00 bits per heavy atom. The molecule has 1 unspecified atom stereocenters. The van der Waals surface area contributed by atoms with Crippen molar-refractivity contribution in [1.82, 2.24) is 4.90 Å². The molecule has 0 heterocycles. The van der Waals surface area contributed by atoms with Crippen LogP contribution in [0.2, 0.25) is 10.0 Å². The van der Waals surface area contributed by atoms with Crippen LogP contribution in [0.4, 0.5) is 5.69 Å². The third-order valence-electron chi connectivity index (χ3n) is 2.78. The van der Waals surface area contributed by atoms with E-state index in [-0.39, 0.29) is 40.2 Å². The molecule has 7 heteroatoms. The Morgan fingerprint density at radius 1 is 1.20 bits per heavy atom. The van der Waals surface area contributed by atoms with Crippen LogP contribution in [0.3, 0.4) is 0 Å². The summed E-state index contributed by atoms with van der Waals surface area (Å²) < 4.78 is 0. The zero-order valence-electron chi connectivity index (χ0n) is 11.7. The molecule has 1 N–H and O–H groups in total. The van der Waals surface area contributed by atoms with Gasteiger partial charge in [-0.3, -0.25) is 14.5 Å². The maximum Gasteiger partial charge on any atom is 0.221 e. The van der Waals surface area contributed by atoms with Crippen molar-refractivity contribution in [1.29, 1.82) is 0 Å². The highest BCUT2D eigenvalue weighted by molar-refractivity contribution is 6.40. The second kappa shape index (κ2) is 7.84. The predicted octanol–water partition coefficient (Wildman–Crippen LogP) is 3.51. The number of likely N-dealkylation sites (N-methyl/N-ethyl adjacent to an activating group) is 1. The minimum atomic E-state index is -0.279. The zero-order valence-corrected chi connectivity index (χ0v) is 14.0. The van der Waals surface area contributed by atoms with Gasteiger partial charge in [-0.25, -0.2) is 0 Å². The Kier molecular flexibility index (Phi) is 7.52. The van der Waals surface area contributed by atoms with Crippen molar-refractivity contribution < 1.29 is 9.59 Å². The van der Waals surface area contributed by atoms with Crippen LogP contribution in [0.25, 0.3) is 0 Å². The lowest BCUT2D eigenvalue weighted by Crippen LogP contribution is -2.32. The van der Waals surface area contributed by atoms with Gasteiger partial charge in [0.25, 0.3) is 0 Å². The van der Waals surface area contributed by atoms with Gasteiger partial charge in [-0.15, -0.1) is 12.4 Å². The van der Waals surface area contributed by atoms with E-state index in [1.807, 2.05) is 14.1 Å². The van der Waals surface area contributed by atoms with Crippen molar-refractivity contribution in [2.75, 3.05) is 19.4 Å². The number of Topliss-reactive ketones (excluding diaryl/α,β-unsaturated/α-hetero) is 1. The van der Waals surface area contributed by atoms with Gasteiger partial charge in [-0.05, 0) is 33.2 Å². The highest BCUT2D eigenvalue weighted by Gasteiger charge is 2.20. The summed E-state index contributed by atoms with van der Waals surface area (Å²) in [5, 5.41) is 3.03. The van der Waals surface area contributed by atoms with Crippen molar-refractivity contribution in [3.8, 4) is 0 Å². The fourth-order valence-corrected chi connectivity index (χ4v) is 2.07. The lowest BCUT2D eigenvalue weighted by atomic mass is 10.0. The molecule has 0 spiro atoms. The third kappa shape index (κ3) is 4.63. The molecular formula is C13H17Cl3N2O2. The fourth-order valence-electron chi connectivity index (χ4n) is 1.49. The Hall–Kier alpha value is -0.810. The minimum Gasteiger partial charge on any atom is -0.324 e. The van der Waals surface area contributed by atoms with E-state index in [0.717, 1.165) is 0 Å². The smallest absolute Gasteiger partial charge is 0.221 e. The molecule has 1 amide bonds. The highest BCUT2D eigenvalue weighted by Crippen LogP contribution is 2.32. The molecule has 112 valence electrons. The van der Waals surface area contributed by atoms with Gasteiger partial charge in [-0.2, -0.15) is 0 Å². The van der Waals surface area contributed by atoms with Crippen LogP contribution in [0.1, 0.15) is 24.2 Å². The van der Waals surface area contributed by atoms with Gasteiger partial charge in [-0.1, -0.05) is 23.2 Å². The van der Waals surface area contributed by atoms with E-state index in [4.69, 9.17) is 23.2 Å². The van der Waals surface area contributed by atoms with Gasteiger partial charge in [0.2, 0.25) is 5.91 Å². The van der Waals surface area contributed by atoms with Crippen LogP contribution in [-0.4, -0.2) is 36.7 Å². The monoisotopic (exact) mass is 338 g/mol. The number of amides is 1. The number of benzene rings is 1. The Bertz CT molecular complexity index is 495. The van der Waals surface area contributed by atoms with Crippen LogP contribution in [-0.2, 0) is 4.79 Å². The van der Waals surface area contributed by atoms with Gasteiger partial charge in [0.05, 0.1) is 21.8 Å². The molecule has 0 aromatic heterocycles. The summed E-state index contributed by atoms with van der Waals surface area (Å²) in [5.41, 5.74) is 0.746. The van der Waals surface area contributed by atoms with E-state index in [9.17, 15) is 9.59 Å². The summed E-state index contributed by atoms with van der Waals surface area (Å²) in [7, 11) is 3.63. The summed E-state index contributed by atoms with van der Waals surface area (Å²) >= 11 is 12.1. The number of hydrogen-bond acceptors (Lipinski definition) is 3. The maximum absolute atomic E-state index is 12.2. The molecule has 1 aromatic rings. The number of ketones is 1. The fraction of sp³-hybridized carbons (Fsp3) is 0.385. The normalized spacial score (nSPS) is 11.8. The second-order valence-corrected chi connectivity index (χ2v) is 5.31. The number of hydrogen-bond donors (Lipinski definition) is 1. The average Bonchev–Trinajstić information content (AvgIpc) is 2.31. The minimum absolute atomic E-state index is 0. The number of rotatable bonds is 4. The molecule has 0 fully saturated rings. The molecule has 1 rings (SSSR count). The van der Waals surface area contributed by atoms with Crippen LogP contribution in [0.15, 0.2) is 12.1 Å². The van der Waals surface area contributed by atoms with Gasteiger partial charge < -0.3 is 5.32 Å². The van der Waals surface area contributed by atoms with E-state index in [1.165, 1.54) is 19.1 Å². The zero-order chi connectivity index (χ0) is 14.7. The standard InChI is InChI=1S/C13H16Cl2N2O2.ClH/c1-7(17(3)4)13(19)9-5-10(14)12(11(15)6-9)16-8(2)18;/h5-7H,1-4H3,(H,16,18);1H. The van der Waals surface area contributed by atoms with Crippen molar-refractivity contribution in [3.05, 3.63) is 27.7 Å². The molecule has 0 radical (unpaired) electrons. The first-order chi connectivity index (χ1) is 8.73. The summed E-state index contributed by atoms with van der Waals surface area (Å²) in [6, 6.07) is 2.75. The van der Waals surface area contributed by atoms with Crippen LogP contribution in [0, 0.1) is 0 Å². The largest absolute Gasteiger partial charge is 0.324 e. The highest BCUT2D eigenvalue weighted by atomic mass is 35.5. The Morgan fingerprint density at radius 2 is 1.65 bits per heavy atom. The van der Waals surface area contributed by atoms with E-state index >= 15 is 0 Å². The number of nitrogens with zero attached hydrogens (tertiary/aromatic N) is 1. The Labute approximate surface area is 134 Å². The second-order valence-electron chi connectivity index (χ2n) is 4.50. The SMILES string of the molecule is CC(=O)Nc1c(Cl)cc(C(=O)C(C)N(C)C)cc1Cl.Cl. The molecule has 1 atom stereocenters. The molecule has 4 nitrogen and oxygen atoms in total. The molecule has 0 aliphatic rings. The van der Waals surface area contributed by atoms with E-state index < -0.39 is 0 Å². The van der Waals surface area contributed by atoms with Crippen molar-refractivity contribution in [2.45, 2.75) is 19.9 Å². The number of carbonyl (C=O) groups excluding carboxylic acids is 2. The predicted molar refractivity (Wildman–Crippen MR) is 85.5 cm³/mol. The average molecular weight is 340 g/mol. The quantitative estimate of drug-likeness (QED) is 0.854. The van der Waals surface area contributed by atoms with Crippen molar-refractivity contribution in [3.63, 3.8) is 0 Å². The van der Waals surface area contributed by atoms with E-state index in [2.05, 4.69) is 5.32 Å². The first-order valence-electron chi connectivity index (χ1n) is 5.71. The van der Waals surface area contributed by atoms with Crippen LogP contribution < -0.4 is 5.32 Å². The number of nitrogens with one attached hydrogen (secondary N) is 1. The van der Waals surface area contributed by atoms with Gasteiger partial charge in [0.1, 0.15) is 0 Å². The number of carbonyl (C=O) groups is 2. The molecule has 1 aromatic carbocycles. The number of halogens is 3. The summed E-state index contributed by atoms with van der Waals surface area (Å²) in [6.45, 7) is 3.16. The molecule has 20 heavy (non-hydrogen) atoms. The maximum atomic E-state index is 12.2. The van der Waals surface area contributed by atoms with Gasteiger partial charge in [0, 0.05) is 12.5 Å². The lowest BCUT2D eigenvalue weighted by Gasteiger charge is -2.19. The topological polar surface area (TPSA) is 49.4 Å². The van der Waals surface area contributed by atoms with E-state index in [1.54, 1.807) is 11.8 Å². The first-order valence-corrected chi connectivity index (χ1v) is 6.47. The van der Waals surface area contributed by atoms with E-state index in [0.29, 0.717) is 11.3 Å².